The summed E-state index contributed by atoms with van der Waals surface area (Å²) in [6, 6.07) is 0. The van der Waals surface area contributed by atoms with Gasteiger partial charge in [0.05, 0.1) is 6.61 Å². The highest BCUT2D eigenvalue weighted by Crippen LogP contribution is 2.39. The number of carbonyl (C=O) groups is 3. The Morgan fingerprint density at radius 2 is 1.82 bits per heavy atom. The summed E-state index contributed by atoms with van der Waals surface area (Å²) in [5.41, 5.74) is -1.31. The van der Waals surface area contributed by atoms with Crippen molar-refractivity contribution in [2.75, 3.05) is 11.0 Å². The molecule has 124 valence electrons. The van der Waals surface area contributed by atoms with E-state index in [1.54, 1.807) is 41.5 Å². The molecule has 7 heteroatoms. The number of carbonyl (C=O) groups excluding carboxylic acids is 3. The molecular formula is C15H22INO5. The Balaban J connectivity index is 3.37. The van der Waals surface area contributed by atoms with E-state index in [1.807, 2.05) is 22.6 Å². The van der Waals surface area contributed by atoms with E-state index in [9.17, 15) is 14.4 Å². The normalized spacial score (nSPS) is 22.1. The molecule has 1 unspecified atom stereocenters. The molecule has 0 N–H and O–H groups in total. The molecule has 6 nitrogen and oxygen atoms in total. The first kappa shape index (κ1) is 18.9. The van der Waals surface area contributed by atoms with Gasteiger partial charge in [-0.05, 0) is 47.1 Å². The van der Waals surface area contributed by atoms with Crippen LogP contribution in [0.15, 0.2) is 11.1 Å². The van der Waals surface area contributed by atoms with Gasteiger partial charge in [0.25, 0.3) is 5.91 Å². The molecule has 1 heterocycles. The summed E-state index contributed by atoms with van der Waals surface area (Å²) in [7, 11) is 0. The largest absolute Gasteiger partial charge is 0.464 e. The van der Waals surface area contributed by atoms with Gasteiger partial charge in [0, 0.05) is 10.0 Å². The summed E-state index contributed by atoms with van der Waals surface area (Å²) in [6.45, 7) is 10.2. The zero-order chi connectivity index (χ0) is 17.3. The first-order valence-corrected chi connectivity index (χ1v) is 8.54. The smallest absolute Gasteiger partial charge is 0.418 e. The molecular weight excluding hydrogens is 401 g/mol. The van der Waals surface area contributed by atoms with E-state index in [0.717, 1.165) is 4.90 Å². The molecule has 1 aliphatic heterocycles. The fourth-order valence-corrected chi connectivity index (χ4v) is 3.46. The lowest BCUT2D eigenvalue weighted by atomic mass is 9.92. The highest BCUT2D eigenvalue weighted by Gasteiger charge is 2.58. The summed E-state index contributed by atoms with van der Waals surface area (Å²) in [4.78, 5) is 38.4. The van der Waals surface area contributed by atoms with Gasteiger partial charge in [-0.25, -0.2) is 14.5 Å². The molecule has 2 amide bonds. The van der Waals surface area contributed by atoms with Crippen LogP contribution in [0.5, 0.6) is 0 Å². The van der Waals surface area contributed by atoms with Gasteiger partial charge in [-0.3, -0.25) is 4.79 Å². The van der Waals surface area contributed by atoms with Crippen LogP contribution in [0.4, 0.5) is 4.79 Å². The Kier molecular flexibility index (Phi) is 5.64. The quantitative estimate of drug-likeness (QED) is 0.397. The van der Waals surface area contributed by atoms with Crippen molar-refractivity contribution in [1.29, 1.82) is 0 Å². The monoisotopic (exact) mass is 423 g/mol. The Labute approximate surface area is 144 Å². The topological polar surface area (TPSA) is 72.9 Å². The van der Waals surface area contributed by atoms with Crippen LogP contribution in [0.3, 0.4) is 0 Å². The maximum absolute atomic E-state index is 12.5. The van der Waals surface area contributed by atoms with Crippen LogP contribution in [0.25, 0.3) is 0 Å². The third-order valence-electron chi connectivity index (χ3n) is 3.47. The van der Waals surface area contributed by atoms with Gasteiger partial charge in [-0.15, -0.1) is 0 Å². The number of esters is 1. The number of halogens is 1. The molecule has 0 saturated carbocycles. The second-order valence-corrected chi connectivity index (χ2v) is 6.85. The molecule has 0 aromatic heterocycles. The maximum atomic E-state index is 12.5. The number of imide groups is 1. The van der Waals surface area contributed by atoms with Crippen LogP contribution in [-0.4, -0.2) is 45.0 Å². The zero-order valence-electron chi connectivity index (χ0n) is 13.8. The number of hydrogen-bond donors (Lipinski definition) is 0. The lowest BCUT2D eigenvalue weighted by molar-refractivity contribution is -0.156. The van der Waals surface area contributed by atoms with E-state index in [4.69, 9.17) is 9.47 Å². The highest BCUT2D eigenvalue weighted by molar-refractivity contribution is 14.1. The van der Waals surface area contributed by atoms with E-state index in [-0.39, 0.29) is 11.0 Å². The van der Waals surface area contributed by atoms with Crippen molar-refractivity contribution in [3.05, 3.63) is 11.1 Å². The minimum absolute atomic E-state index is 0.167. The Morgan fingerprint density at radius 1 is 1.27 bits per heavy atom. The van der Waals surface area contributed by atoms with Crippen molar-refractivity contribution in [3.8, 4) is 0 Å². The van der Waals surface area contributed by atoms with E-state index < -0.39 is 29.1 Å². The standard InChI is InChI=1S/C15H22INO5/c1-7-21-12(19)15(8-16)10(3)9(2)11(18)17(15)13(20)22-14(4,5)6/h7-8H2,1-6H3. The first-order chi connectivity index (χ1) is 10.0. The average Bonchev–Trinajstić information content (AvgIpc) is 2.59. The van der Waals surface area contributed by atoms with Crippen molar-refractivity contribution in [2.45, 2.75) is 52.7 Å². The van der Waals surface area contributed by atoms with Gasteiger partial charge in [-0.2, -0.15) is 0 Å². The maximum Gasteiger partial charge on any atom is 0.418 e. The van der Waals surface area contributed by atoms with Gasteiger partial charge in [-0.1, -0.05) is 22.6 Å². The molecule has 1 rings (SSSR count). The summed E-state index contributed by atoms with van der Waals surface area (Å²) in [5.74, 6) is -1.13. The zero-order valence-corrected chi connectivity index (χ0v) is 15.9. The van der Waals surface area contributed by atoms with E-state index in [0.29, 0.717) is 11.1 Å². The summed E-state index contributed by atoms with van der Waals surface area (Å²) < 4.78 is 10.6. The molecule has 1 aliphatic rings. The predicted octanol–water partition coefficient (Wildman–Crippen LogP) is 2.84. The number of amides is 2. The number of rotatable bonds is 3. The molecule has 0 spiro atoms. The highest BCUT2D eigenvalue weighted by atomic mass is 127. The third-order valence-corrected chi connectivity index (χ3v) is 4.57. The average molecular weight is 423 g/mol. The molecule has 1 atom stereocenters. The second kappa shape index (κ2) is 6.55. The van der Waals surface area contributed by atoms with Crippen molar-refractivity contribution >= 4 is 40.6 Å². The van der Waals surface area contributed by atoms with Crippen molar-refractivity contribution in [3.63, 3.8) is 0 Å². The lowest BCUT2D eigenvalue weighted by Gasteiger charge is -2.35. The first-order valence-electron chi connectivity index (χ1n) is 7.01. The molecule has 0 saturated heterocycles. The molecule has 22 heavy (non-hydrogen) atoms. The summed E-state index contributed by atoms with van der Waals surface area (Å²) >= 11 is 1.98. The molecule has 0 radical (unpaired) electrons. The van der Waals surface area contributed by atoms with Crippen LogP contribution in [0.1, 0.15) is 41.5 Å². The van der Waals surface area contributed by atoms with E-state index >= 15 is 0 Å². The third kappa shape index (κ3) is 3.13. The van der Waals surface area contributed by atoms with Crippen LogP contribution >= 0.6 is 22.6 Å². The lowest BCUT2D eigenvalue weighted by Crippen LogP contribution is -2.59. The molecule has 0 fully saturated rings. The van der Waals surface area contributed by atoms with Crippen molar-refractivity contribution in [1.82, 2.24) is 4.90 Å². The van der Waals surface area contributed by atoms with Crippen LogP contribution in [-0.2, 0) is 19.1 Å². The Morgan fingerprint density at radius 3 is 2.23 bits per heavy atom. The van der Waals surface area contributed by atoms with Crippen LogP contribution in [0, 0.1) is 0 Å². The molecule has 0 bridgehead atoms. The molecule has 0 aliphatic carbocycles. The summed E-state index contributed by atoms with van der Waals surface area (Å²) in [6.07, 6.45) is -0.835. The van der Waals surface area contributed by atoms with E-state index in [2.05, 4.69) is 0 Å². The minimum atomic E-state index is -1.43. The fraction of sp³-hybridized carbons (Fsp3) is 0.667. The fourth-order valence-electron chi connectivity index (χ4n) is 2.24. The van der Waals surface area contributed by atoms with Gasteiger partial charge < -0.3 is 9.47 Å². The number of ether oxygens (including phenoxy) is 2. The summed E-state index contributed by atoms with van der Waals surface area (Å²) in [5, 5.41) is 0. The Bertz CT molecular complexity index is 535. The van der Waals surface area contributed by atoms with Crippen LogP contribution in [0.2, 0.25) is 0 Å². The number of nitrogens with zero attached hydrogens (tertiary/aromatic N) is 1. The van der Waals surface area contributed by atoms with Crippen molar-refractivity contribution < 1.29 is 23.9 Å². The number of alkyl halides is 1. The molecule has 0 aromatic rings. The van der Waals surface area contributed by atoms with Gasteiger partial charge in [0.15, 0.2) is 5.54 Å². The Hall–Kier alpha value is -1.12. The second-order valence-electron chi connectivity index (χ2n) is 6.09. The van der Waals surface area contributed by atoms with Gasteiger partial charge in [0.1, 0.15) is 5.60 Å². The van der Waals surface area contributed by atoms with E-state index in [1.165, 1.54) is 0 Å². The van der Waals surface area contributed by atoms with Crippen molar-refractivity contribution in [2.24, 2.45) is 0 Å². The van der Waals surface area contributed by atoms with Crippen LogP contribution < -0.4 is 0 Å². The van der Waals surface area contributed by atoms with Gasteiger partial charge in [0.2, 0.25) is 0 Å². The number of hydrogen-bond acceptors (Lipinski definition) is 5. The minimum Gasteiger partial charge on any atom is -0.464 e. The SMILES string of the molecule is CCOC(=O)C1(CI)C(C)=C(C)C(=O)N1C(=O)OC(C)(C)C. The predicted molar refractivity (Wildman–Crippen MR) is 89.7 cm³/mol. The molecule has 0 aromatic carbocycles. The van der Waals surface area contributed by atoms with Gasteiger partial charge >= 0.3 is 12.1 Å².